The molecular formula is C12H19N3O2. The van der Waals surface area contributed by atoms with Gasteiger partial charge in [0.15, 0.2) is 11.6 Å². The van der Waals surface area contributed by atoms with Gasteiger partial charge in [0, 0.05) is 32.9 Å². The first-order valence-corrected chi connectivity index (χ1v) is 5.83. The zero-order chi connectivity index (χ0) is 12.1. The summed E-state index contributed by atoms with van der Waals surface area (Å²) in [6.07, 6.45) is 1.98. The third kappa shape index (κ3) is 3.08. The third-order valence-corrected chi connectivity index (χ3v) is 2.81. The minimum Gasteiger partial charge on any atom is -0.493 e. The van der Waals surface area contributed by atoms with E-state index >= 15 is 0 Å². The average molecular weight is 237 g/mol. The van der Waals surface area contributed by atoms with Crippen molar-refractivity contribution in [1.29, 1.82) is 0 Å². The Morgan fingerprint density at radius 1 is 1.65 bits per heavy atom. The monoisotopic (exact) mass is 237 g/mol. The van der Waals surface area contributed by atoms with Gasteiger partial charge in [-0.1, -0.05) is 0 Å². The van der Waals surface area contributed by atoms with E-state index < -0.39 is 0 Å². The molecule has 1 atom stereocenters. The van der Waals surface area contributed by atoms with Crippen LogP contribution >= 0.6 is 0 Å². The molecule has 1 aromatic rings. The van der Waals surface area contributed by atoms with Crippen molar-refractivity contribution in [2.24, 2.45) is 0 Å². The highest BCUT2D eigenvalue weighted by Gasteiger charge is 2.18. The molecule has 1 aliphatic rings. The van der Waals surface area contributed by atoms with Crippen LogP contribution in [0.3, 0.4) is 0 Å². The van der Waals surface area contributed by atoms with Gasteiger partial charge in [0.1, 0.15) is 0 Å². The summed E-state index contributed by atoms with van der Waals surface area (Å²) in [7, 11) is 3.66. The van der Waals surface area contributed by atoms with Gasteiger partial charge in [-0.05, 0) is 12.1 Å². The van der Waals surface area contributed by atoms with Crippen molar-refractivity contribution in [1.82, 2.24) is 10.3 Å². The van der Waals surface area contributed by atoms with Gasteiger partial charge in [0.05, 0.1) is 19.8 Å². The number of aromatic nitrogens is 1. The standard InChI is InChI=1S/C12H19N3O2/c1-15(9-10-8-13-6-7-17-10)12-11(16-2)4-3-5-14-12/h3-5,10,13H,6-9H2,1-2H3. The fourth-order valence-electron chi connectivity index (χ4n) is 1.96. The molecule has 1 fully saturated rings. The number of nitrogens with one attached hydrogen (secondary N) is 1. The lowest BCUT2D eigenvalue weighted by molar-refractivity contribution is 0.0339. The van der Waals surface area contributed by atoms with Gasteiger partial charge in [0.2, 0.25) is 0 Å². The maximum atomic E-state index is 5.67. The first-order valence-electron chi connectivity index (χ1n) is 5.83. The summed E-state index contributed by atoms with van der Waals surface area (Å²) < 4.78 is 11.0. The van der Waals surface area contributed by atoms with Crippen molar-refractivity contribution < 1.29 is 9.47 Å². The molecule has 1 aromatic heterocycles. The van der Waals surface area contributed by atoms with Gasteiger partial charge < -0.3 is 19.7 Å². The van der Waals surface area contributed by atoms with Crippen LogP contribution in [0.4, 0.5) is 5.82 Å². The lowest BCUT2D eigenvalue weighted by Crippen LogP contribution is -2.44. The number of methoxy groups -OCH3 is 1. The van der Waals surface area contributed by atoms with Crippen LogP contribution in [0.5, 0.6) is 5.75 Å². The van der Waals surface area contributed by atoms with Gasteiger partial charge in [-0.15, -0.1) is 0 Å². The summed E-state index contributed by atoms with van der Waals surface area (Å²) in [6.45, 7) is 3.41. The van der Waals surface area contributed by atoms with E-state index in [4.69, 9.17) is 9.47 Å². The molecular weight excluding hydrogens is 218 g/mol. The Morgan fingerprint density at radius 2 is 2.53 bits per heavy atom. The van der Waals surface area contributed by atoms with E-state index in [0.29, 0.717) is 0 Å². The van der Waals surface area contributed by atoms with Gasteiger partial charge in [-0.25, -0.2) is 4.98 Å². The summed E-state index contributed by atoms with van der Waals surface area (Å²) in [5.41, 5.74) is 0. The average Bonchev–Trinajstić information content (AvgIpc) is 2.40. The highest BCUT2D eigenvalue weighted by molar-refractivity contribution is 5.51. The number of morpholine rings is 1. The summed E-state index contributed by atoms with van der Waals surface area (Å²) in [4.78, 5) is 6.41. The van der Waals surface area contributed by atoms with E-state index in [0.717, 1.165) is 37.8 Å². The third-order valence-electron chi connectivity index (χ3n) is 2.81. The fourth-order valence-corrected chi connectivity index (χ4v) is 1.96. The number of hydrogen-bond acceptors (Lipinski definition) is 5. The Kier molecular flexibility index (Phi) is 4.17. The van der Waals surface area contributed by atoms with Crippen LogP contribution < -0.4 is 15.0 Å². The van der Waals surface area contributed by atoms with Crippen molar-refractivity contribution in [3.8, 4) is 5.75 Å². The number of pyridine rings is 1. The van der Waals surface area contributed by atoms with E-state index in [1.807, 2.05) is 19.2 Å². The van der Waals surface area contributed by atoms with Crippen LogP contribution in [0.15, 0.2) is 18.3 Å². The number of nitrogens with zero attached hydrogens (tertiary/aromatic N) is 2. The molecule has 17 heavy (non-hydrogen) atoms. The van der Waals surface area contributed by atoms with Crippen LogP contribution in [0.1, 0.15) is 0 Å². The Hall–Kier alpha value is -1.33. The SMILES string of the molecule is COc1cccnc1N(C)CC1CNCCO1. The first kappa shape index (κ1) is 12.1. The number of ether oxygens (including phenoxy) is 2. The molecule has 0 bridgehead atoms. The number of likely N-dealkylation sites (N-methyl/N-ethyl adjacent to an activating group) is 1. The second kappa shape index (κ2) is 5.84. The van der Waals surface area contributed by atoms with E-state index in [1.165, 1.54) is 0 Å². The normalized spacial score (nSPS) is 20.0. The Morgan fingerprint density at radius 3 is 3.24 bits per heavy atom. The molecule has 0 amide bonds. The van der Waals surface area contributed by atoms with Crippen LogP contribution in [0.2, 0.25) is 0 Å². The number of hydrogen-bond donors (Lipinski definition) is 1. The molecule has 1 saturated heterocycles. The highest BCUT2D eigenvalue weighted by atomic mass is 16.5. The van der Waals surface area contributed by atoms with Gasteiger partial charge in [0.25, 0.3) is 0 Å². The molecule has 1 aliphatic heterocycles. The largest absolute Gasteiger partial charge is 0.493 e. The van der Waals surface area contributed by atoms with Gasteiger partial charge in [-0.2, -0.15) is 0 Å². The lowest BCUT2D eigenvalue weighted by atomic mass is 10.3. The van der Waals surface area contributed by atoms with Crippen molar-refractivity contribution >= 4 is 5.82 Å². The molecule has 94 valence electrons. The lowest BCUT2D eigenvalue weighted by Gasteiger charge is -2.29. The van der Waals surface area contributed by atoms with E-state index in [1.54, 1.807) is 13.3 Å². The minimum absolute atomic E-state index is 0.209. The van der Waals surface area contributed by atoms with E-state index in [-0.39, 0.29) is 6.10 Å². The van der Waals surface area contributed by atoms with E-state index in [9.17, 15) is 0 Å². The molecule has 2 heterocycles. The van der Waals surface area contributed by atoms with Crippen LogP contribution in [0.25, 0.3) is 0 Å². The summed E-state index contributed by atoms with van der Waals surface area (Å²) in [6, 6.07) is 3.79. The first-order chi connectivity index (χ1) is 8.31. The smallest absolute Gasteiger partial charge is 0.171 e. The Labute approximate surface area is 102 Å². The molecule has 1 unspecified atom stereocenters. The van der Waals surface area contributed by atoms with Crippen LogP contribution in [0, 0.1) is 0 Å². The fraction of sp³-hybridized carbons (Fsp3) is 0.583. The molecule has 0 spiro atoms. The molecule has 0 aromatic carbocycles. The highest BCUT2D eigenvalue weighted by Crippen LogP contribution is 2.23. The van der Waals surface area contributed by atoms with Gasteiger partial charge in [-0.3, -0.25) is 0 Å². The zero-order valence-electron chi connectivity index (χ0n) is 10.3. The van der Waals surface area contributed by atoms with Crippen LogP contribution in [-0.4, -0.2) is 51.5 Å². The minimum atomic E-state index is 0.209. The predicted octanol–water partition coefficient (Wildman–Crippen LogP) is 0.515. The van der Waals surface area contributed by atoms with Crippen molar-refractivity contribution in [3.63, 3.8) is 0 Å². The predicted molar refractivity (Wildman–Crippen MR) is 66.7 cm³/mol. The number of anilines is 1. The Balaban J connectivity index is 2.00. The van der Waals surface area contributed by atoms with E-state index in [2.05, 4.69) is 15.2 Å². The second-order valence-corrected chi connectivity index (χ2v) is 4.11. The molecule has 5 heteroatoms. The summed E-state index contributed by atoms with van der Waals surface area (Å²) >= 11 is 0. The van der Waals surface area contributed by atoms with Crippen molar-refractivity contribution in [2.75, 3.05) is 45.3 Å². The molecule has 0 radical (unpaired) electrons. The number of rotatable bonds is 4. The summed E-state index contributed by atoms with van der Waals surface area (Å²) in [5, 5.41) is 3.32. The molecule has 2 rings (SSSR count). The maximum Gasteiger partial charge on any atom is 0.171 e. The van der Waals surface area contributed by atoms with Gasteiger partial charge >= 0.3 is 0 Å². The Bertz CT molecular complexity index is 353. The molecule has 1 N–H and O–H groups in total. The van der Waals surface area contributed by atoms with Crippen molar-refractivity contribution in [2.45, 2.75) is 6.10 Å². The second-order valence-electron chi connectivity index (χ2n) is 4.11. The topological polar surface area (TPSA) is 46.6 Å². The summed E-state index contributed by atoms with van der Waals surface area (Å²) in [5.74, 6) is 1.64. The molecule has 0 saturated carbocycles. The maximum absolute atomic E-state index is 5.67. The van der Waals surface area contributed by atoms with Crippen LogP contribution in [-0.2, 0) is 4.74 Å². The van der Waals surface area contributed by atoms with Crippen molar-refractivity contribution in [3.05, 3.63) is 18.3 Å². The molecule has 5 nitrogen and oxygen atoms in total. The quantitative estimate of drug-likeness (QED) is 0.827. The molecule has 0 aliphatic carbocycles. The zero-order valence-corrected chi connectivity index (χ0v) is 10.3.